The largest absolute Gasteiger partial charge is 0.477 e. The van der Waals surface area contributed by atoms with Crippen molar-refractivity contribution in [2.75, 3.05) is 12.3 Å². The third kappa shape index (κ3) is 2.31. The molecular weight excluding hydrogens is 244 g/mol. The van der Waals surface area contributed by atoms with Crippen LogP contribution in [0.25, 0.3) is 0 Å². The highest BCUT2D eigenvalue weighted by molar-refractivity contribution is 8.14. The third-order valence-corrected chi connectivity index (χ3v) is 3.08. The molecule has 7 nitrogen and oxygen atoms in total. The fourth-order valence-corrected chi connectivity index (χ4v) is 2.16. The van der Waals surface area contributed by atoms with Gasteiger partial charge >= 0.3 is 5.97 Å². The lowest BCUT2D eigenvalue weighted by Gasteiger charge is -2.03. The number of thioether (sulfide) groups is 1. The first kappa shape index (κ1) is 11.6. The van der Waals surface area contributed by atoms with Gasteiger partial charge in [0.15, 0.2) is 10.9 Å². The predicted octanol–water partition coefficient (Wildman–Crippen LogP) is -0.0491. The molecule has 0 atom stereocenters. The molecule has 0 saturated carbocycles. The Hall–Kier alpha value is -1.83. The van der Waals surface area contributed by atoms with Crippen LogP contribution >= 0.6 is 11.8 Å². The molecule has 17 heavy (non-hydrogen) atoms. The number of amides is 1. The molecule has 1 aromatic rings. The Morgan fingerprint density at radius 1 is 1.59 bits per heavy atom. The van der Waals surface area contributed by atoms with Crippen molar-refractivity contribution in [3.63, 3.8) is 0 Å². The Morgan fingerprint density at radius 3 is 2.94 bits per heavy atom. The minimum absolute atomic E-state index is 0.0372. The normalized spacial score (nSPS) is 14.5. The molecule has 0 unspecified atom stereocenters. The maximum absolute atomic E-state index is 11.8. The number of aromatic carboxylic acids is 1. The Bertz CT molecular complexity index is 508. The molecule has 0 aromatic carbocycles. The van der Waals surface area contributed by atoms with Crippen molar-refractivity contribution in [2.24, 2.45) is 12.0 Å². The zero-order chi connectivity index (χ0) is 12.4. The number of aliphatic imine (C=N–C) groups is 1. The number of nitrogens with zero attached hydrogens (tertiary/aromatic N) is 3. The lowest BCUT2D eigenvalue weighted by atomic mass is 10.2. The second kappa shape index (κ2) is 4.58. The average molecular weight is 254 g/mol. The van der Waals surface area contributed by atoms with Crippen LogP contribution in [0.1, 0.15) is 20.8 Å². The number of carboxylic acids is 1. The van der Waals surface area contributed by atoms with Gasteiger partial charge < -0.3 is 10.4 Å². The molecule has 2 rings (SSSR count). The van der Waals surface area contributed by atoms with Crippen molar-refractivity contribution in [3.8, 4) is 0 Å². The number of hydrogen-bond acceptors (Lipinski definition) is 5. The van der Waals surface area contributed by atoms with Gasteiger partial charge in [0.25, 0.3) is 5.91 Å². The molecule has 0 radical (unpaired) electrons. The number of hydrogen-bond donors (Lipinski definition) is 2. The van der Waals surface area contributed by atoms with Crippen LogP contribution in [0.4, 0.5) is 0 Å². The highest BCUT2D eigenvalue weighted by Crippen LogP contribution is 2.12. The first-order valence-electron chi connectivity index (χ1n) is 4.83. The van der Waals surface area contributed by atoms with Crippen molar-refractivity contribution in [1.82, 2.24) is 15.1 Å². The Labute approximate surface area is 101 Å². The summed E-state index contributed by atoms with van der Waals surface area (Å²) in [5, 5.41) is 15.8. The molecule has 0 bridgehead atoms. The van der Waals surface area contributed by atoms with Gasteiger partial charge in [-0.1, -0.05) is 11.8 Å². The molecule has 2 heterocycles. The number of amidine groups is 1. The van der Waals surface area contributed by atoms with Crippen molar-refractivity contribution < 1.29 is 14.7 Å². The van der Waals surface area contributed by atoms with Crippen molar-refractivity contribution in [3.05, 3.63) is 17.5 Å². The molecule has 8 heteroatoms. The van der Waals surface area contributed by atoms with Crippen LogP contribution in [-0.2, 0) is 7.05 Å². The fraction of sp³-hybridized carbons (Fsp3) is 0.333. The molecule has 0 aliphatic carbocycles. The summed E-state index contributed by atoms with van der Waals surface area (Å²) in [5.74, 6) is -0.853. The smallest absolute Gasteiger partial charge is 0.354 e. The highest BCUT2D eigenvalue weighted by Gasteiger charge is 2.22. The summed E-state index contributed by atoms with van der Waals surface area (Å²) < 4.78 is 1.15. The molecule has 0 saturated heterocycles. The SMILES string of the molecule is Cn1ncc(C(=O)NC2=NCCS2)c1C(=O)O. The monoisotopic (exact) mass is 254 g/mol. The van der Waals surface area contributed by atoms with Gasteiger partial charge in [-0.05, 0) is 0 Å². The standard InChI is InChI=1S/C9H10N4O3S/c1-13-6(8(15)16)5(4-11-13)7(14)12-9-10-2-3-17-9/h4H,2-3H2,1H3,(H,15,16)(H,10,12,14). The molecule has 1 amide bonds. The van der Waals surface area contributed by atoms with Crippen LogP contribution in [-0.4, -0.2) is 44.2 Å². The van der Waals surface area contributed by atoms with E-state index in [4.69, 9.17) is 5.11 Å². The molecule has 0 fully saturated rings. The van der Waals surface area contributed by atoms with Crippen LogP contribution in [0.2, 0.25) is 0 Å². The third-order valence-electron chi connectivity index (χ3n) is 2.19. The molecule has 1 aliphatic rings. The Morgan fingerprint density at radius 2 is 2.35 bits per heavy atom. The topological polar surface area (TPSA) is 96.6 Å². The molecule has 1 aliphatic heterocycles. The minimum Gasteiger partial charge on any atom is -0.477 e. The summed E-state index contributed by atoms with van der Waals surface area (Å²) in [7, 11) is 1.47. The van der Waals surface area contributed by atoms with E-state index < -0.39 is 11.9 Å². The summed E-state index contributed by atoms with van der Waals surface area (Å²) in [4.78, 5) is 26.8. The van der Waals surface area contributed by atoms with Gasteiger partial charge in [0, 0.05) is 12.8 Å². The predicted molar refractivity (Wildman–Crippen MR) is 62.4 cm³/mol. The summed E-state index contributed by atoms with van der Waals surface area (Å²) in [5.41, 5.74) is -0.0960. The van der Waals surface area contributed by atoms with E-state index in [1.807, 2.05) is 0 Å². The van der Waals surface area contributed by atoms with E-state index in [9.17, 15) is 9.59 Å². The molecule has 1 aromatic heterocycles. The van der Waals surface area contributed by atoms with Crippen LogP contribution < -0.4 is 5.32 Å². The molecule has 2 N–H and O–H groups in total. The second-order valence-electron chi connectivity index (χ2n) is 3.33. The Kier molecular flexibility index (Phi) is 3.14. The van der Waals surface area contributed by atoms with E-state index in [2.05, 4.69) is 15.4 Å². The lowest BCUT2D eigenvalue weighted by Crippen LogP contribution is -2.28. The first-order chi connectivity index (χ1) is 8.09. The van der Waals surface area contributed by atoms with Crippen LogP contribution in [0, 0.1) is 0 Å². The molecule has 0 spiro atoms. The molecular formula is C9H10N4O3S. The number of carbonyl (C=O) groups excluding carboxylic acids is 1. The summed E-state index contributed by atoms with van der Waals surface area (Å²) in [6.45, 7) is 0.666. The van der Waals surface area contributed by atoms with Crippen molar-refractivity contribution in [1.29, 1.82) is 0 Å². The van der Waals surface area contributed by atoms with Crippen LogP contribution in [0.3, 0.4) is 0 Å². The number of aryl methyl sites for hydroxylation is 1. The quantitative estimate of drug-likeness (QED) is 0.771. The zero-order valence-corrected chi connectivity index (χ0v) is 9.82. The average Bonchev–Trinajstić information content (AvgIpc) is 2.86. The van der Waals surface area contributed by atoms with Crippen molar-refractivity contribution in [2.45, 2.75) is 0 Å². The highest BCUT2D eigenvalue weighted by atomic mass is 32.2. The van der Waals surface area contributed by atoms with Gasteiger partial charge in [0.2, 0.25) is 0 Å². The lowest BCUT2D eigenvalue weighted by molar-refractivity contribution is 0.0679. The number of aromatic nitrogens is 2. The van der Waals surface area contributed by atoms with Gasteiger partial charge in [-0.25, -0.2) is 4.79 Å². The summed E-state index contributed by atoms with van der Waals surface area (Å²) in [6, 6.07) is 0. The van der Waals surface area contributed by atoms with E-state index in [0.29, 0.717) is 11.7 Å². The van der Waals surface area contributed by atoms with Crippen molar-refractivity contribution >= 4 is 28.8 Å². The van der Waals surface area contributed by atoms with Gasteiger partial charge in [-0.3, -0.25) is 14.5 Å². The van der Waals surface area contributed by atoms with Gasteiger partial charge in [-0.2, -0.15) is 5.10 Å². The van der Waals surface area contributed by atoms with Gasteiger partial charge in [0.1, 0.15) is 0 Å². The number of nitrogens with one attached hydrogen (secondary N) is 1. The minimum atomic E-state index is -1.18. The fourth-order valence-electron chi connectivity index (χ4n) is 1.43. The van der Waals surface area contributed by atoms with Crippen LogP contribution in [0.5, 0.6) is 0 Å². The zero-order valence-electron chi connectivity index (χ0n) is 9.01. The number of carboxylic acid groups (broad SMARTS) is 1. The first-order valence-corrected chi connectivity index (χ1v) is 5.82. The number of carbonyl (C=O) groups is 2. The van der Waals surface area contributed by atoms with E-state index in [1.54, 1.807) is 0 Å². The van der Waals surface area contributed by atoms with Gasteiger partial charge in [-0.15, -0.1) is 0 Å². The maximum atomic E-state index is 11.8. The van der Waals surface area contributed by atoms with E-state index in [-0.39, 0.29) is 11.3 Å². The van der Waals surface area contributed by atoms with E-state index in [1.165, 1.54) is 25.0 Å². The van der Waals surface area contributed by atoms with E-state index in [0.717, 1.165) is 10.4 Å². The summed E-state index contributed by atoms with van der Waals surface area (Å²) in [6.07, 6.45) is 1.24. The van der Waals surface area contributed by atoms with Crippen LogP contribution in [0.15, 0.2) is 11.2 Å². The number of rotatable bonds is 2. The van der Waals surface area contributed by atoms with E-state index >= 15 is 0 Å². The maximum Gasteiger partial charge on any atom is 0.354 e. The summed E-state index contributed by atoms with van der Waals surface area (Å²) >= 11 is 1.43. The van der Waals surface area contributed by atoms with Gasteiger partial charge in [0.05, 0.1) is 18.3 Å². The molecule has 90 valence electrons. The second-order valence-corrected chi connectivity index (χ2v) is 4.41. The Balaban J connectivity index is 2.22.